The van der Waals surface area contributed by atoms with Crippen molar-refractivity contribution in [2.45, 2.75) is 18.7 Å². The molecule has 2 rings (SSSR count). The number of esters is 2. The SMILES string of the molecule is COC(=O)c1c(NC(=O)COC(=O)CN(C)S(=O)(=O)c2ccc(F)cc2)sc(C)c1C. The van der Waals surface area contributed by atoms with Crippen molar-refractivity contribution in [3.8, 4) is 0 Å². The number of amides is 1. The highest BCUT2D eigenvalue weighted by Crippen LogP contribution is 2.32. The molecule has 1 N–H and O–H groups in total. The van der Waals surface area contributed by atoms with Gasteiger partial charge in [-0.25, -0.2) is 17.6 Å². The molecule has 2 aromatic rings. The summed E-state index contributed by atoms with van der Waals surface area (Å²) in [5.41, 5.74) is 0.881. The maximum atomic E-state index is 13.0. The van der Waals surface area contributed by atoms with E-state index in [0.717, 1.165) is 40.5 Å². The summed E-state index contributed by atoms with van der Waals surface area (Å²) < 4.78 is 48.1. The summed E-state index contributed by atoms with van der Waals surface area (Å²) in [7, 11) is -1.67. The van der Waals surface area contributed by atoms with Gasteiger partial charge in [0, 0.05) is 11.9 Å². The number of halogens is 1. The van der Waals surface area contributed by atoms with E-state index < -0.39 is 46.8 Å². The maximum absolute atomic E-state index is 13.0. The molecule has 0 bridgehead atoms. The van der Waals surface area contributed by atoms with E-state index in [1.165, 1.54) is 18.4 Å². The summed E-state index contributed by atoms with van der Waals surface area (Å²) in [5, 5.41) is 2.75. The Hall–Kier alpha value is -2.83. The molecule has 0 saturated heterocycles. The van der Waals surface area contributed by atoms with Crippen LogP contribution in [0.1, 0.15) is 20.8 Å². The van der Waals surface area contributed by atoms with Crippen LogP contribution in [0.5, 0.6) is 0 Å². The largest absolute Gasteiger partial charge is 0.465 e. The van der Waals surface area contributed by atoms with Crippen LogP contribution >= 0.6 is 11.3 Å². The molecule has 0 aliphatic heterocycles. The van der Waals surface area contributed by atoms with Gasteiger partial charge in [-0.1, -0.05) is 0 Å². The number of nitrogens with one attached hydrogen (secondary N) is 1. The van der Waals surface area contributed by atoms with E-state index >= 15 is 0 Å². The molecular weight excluding hydrogens is 451 g/mol. The van der Waals surface area contributed by atoms with Crippen LogP contribution in [-0.2, 0) is 29.1 Å². The van der Waals surface area contributed by atoms with Crippen molar-refractivity contribution >= 4 is 44.2 Å². The van der Waals surface area contributed by atoms with Gasteiger partial charge in [-0.15, -0.1) is 11.3 Å². The lowest BCUT2D eigenvalue weighted by Crippen LogP contribution is -2.34. The Morgan fingerprint density at radius 3 is 2.35 bits per heavy atom. The van der Waals surface area contributed by atoms with E-state index in [0.29, 0.717) is 5.56 Å². The molecular formula is C19H21FN2O7S2. The predicted octanol–water partition coefficient (Wildman–Crippen LogP) is 2.09. The van der Waals surface area contributed by atoms with Crippen LogP contribution in [0.2, 0.25) is 0 Å². The molecule has 0 unspecified atom stereocenters. The minimum Gasteiger partial charge on any atom is -0.465 e. The Morgan fingerprint density at radius 1 is 1.16 bits per heavy atom. The topological polar surface area (TPSA) is 119 Å². The van der Waals surface area contributed by atoms with Crippen molar-refractivity contribution in [2.75, 3.05) is 32.6 Å². The number of thiophene rings is 1. The number of carbonyl (C=O) groups is 3. The van der Waals surface area contributed by atoms with Crippen LogP contribution in [0, 0.1) is 19.7 Å². The van der Waals surface area contributed by atoms with Gasteiger partial charge >= 0.3 is 11.9 Å². The predicted molar refractivity (Wildman–Crippen MR) is 111 cm³/mol. The number of methoxy groups -OCH3 is 1. The second-order valence-corrected chi connectivity index (χ2v) is 9.67. The number of hydrogen-bond acceptors (Lipinski definition) is 8. The fourth-order valence-electron chi connectivity index (χ4n) is 2.47. The molecule has 9 nitrogen and oxygen atoms in total. The molecule has 0 saturated carbocycles. The van der Waals surface area contributed by atoms with E-state index in [4.69, 9.17) is 9.47 Å². The number of ether oxygens (including phenoxy) is 2. The van der Waals surface area contributed by atoms with E-state index in [1.54, 1.807) is 13.8 Å². The third kappa shape index (κ3) is 5.87. The van der Waals surface area contributed by atoms with E-state index in [-0.39, 0.29) is 15.5 Å². The summed E-state index contributed by atoms with van der Waals surface area (Å²) in [6.07, 6.45) is 0. The molecule has 1 heterocycles. The highest BCUT2D eigenvalue weighted by Gasteiger charge is 2.25. The van der Waals surface area contributed by atoms with Crippen LogP contribution in [0.3, 0.4) is 0 Å². The average Bonchev–Trinajstić information content (AvgIpc) is 2.99. The first-order chi connectivity index (χ1) is 14.5. The highest BCUT2D eigenvalue weighted by molar-refractivity contribution is 7.89. The second kappa shape index (κ2) is 9.98. The number of rotatable bonds is 8. The fraction of sp³-hybridized carbons (Fsp3) is 0.316. The van der Waals surface area contributed by atoms with Gasteiger partial charge in [0.25, 0.3) is 5.91 Å². The molecule has 31 heavy (non-hydrogen) atoms. The maximum Gasteiger partial charge on any atom is 0.341 e. The zero-order valence-corrected chi connectivity index (χ0v) is 18.9. The average molecular weight is 473 g/mol. The van der Waals surface area contributed by atoms with Crippen molar-refractivity contribution in [1.82, 2.24) is 4.31 Å². The smallest absolute Gasteiger partial charge is 0.341 e. The van der Waals surface area contributed by atoms with Crippen molar-refractivity contribution in [2.24, 2.45) is 0 Å². The summed E-state index contributed by atoms with van der Waals surface area (Å²) in [6.45, 7) is 2.15. The molecule has 0 aliphatic carbocycles. The molecule has 0 fully saturated rings. The lowest BCUT2D eigenvalue weighted by atomic mass is 10.1. The van der Waals surface area contributed by atoms with E-state index in [9.17, 15) is 27.2 Å². The van der Waals surface area contributed by atoms with Crippen molar-refractivity contribution in [3.05, 3.63) is 46.1 Å². The quantitative estimate of drug-likeness (QED) is 0.584. The first-order valence-electron chi connectivity index (χ1n) is 8.83. The van der Waals surface area contributed by atoms with Gasteiger partial charge in [-0.05, 0) is 43.7 Å². The third-order valence-electron chi connectivity index (χ3n) is 4.27. The Bertz CT molecular complexity index is 1100. The fourth-order valence-corrected chi connectivity index (χ4v) is 4.65. The monoisotopic (exact) mass is 472 g/mol. The molecule has 0 spiro atoms. The lowest BCUT2D eigenvalue weighted by Gasteiger charge is -2.16. The zero-order valence-electron chi connectivity index (χ0n) is 17.2. The number of sulfonamides is 1. The molecule has 0 radical (unpaired) electrons. The van der Waals surface area contributed by atoms with Crippen LogP contribution in [0.25, 0.3) is 0 Å². The Morgan fingerprint density at radius 2 is 1.77 bits per heavy atom. The van der Waals surface area contributed by atoms with Crippen LogP contribution in [0.15, 0.2) is 29.2 Å². The number of anilines is 1. The van der Waals surface area contributed by atoms with Gasteiger partial charge in [0.1, 0.15) is 17.4 Å². The van der Waals surface area contributed by atoms with Crippen LogP contribution in [0.4, 0.5) is 9.39 Å². The number of carbonyl (C=O) groups excluding carboxylic acids is 3. The number of benzene rings is 1. The van der Waals surface area contributed by atoms with Gasteiger partial charge < -0.3 is 14.8 Å². The molecule has 0 atom stereocenters. The second-order valence-electron chi connectivity index (χ2n) is 6.40. The van der Waals surface area contributed by atoms with Gasteiger partial charge in [0.15, 0.2) is 6.61 Å². The van der Waals surface area contributed by atoms with Gasteiger partial charge in [-0.3, -0.25) is 9.59 Å². The first-order valence-corrected chi connectivity index (χ1v) is 11.1. The van der Waals surface area contributed by atoms with Crippen LogP contribution < -0.4 is 5.32 Å². The minimum absolute atomic E-state index is 0.194. The van der Waals surface area contributed by atoms with Crippen molar-refractivity contribution in [3.63, 3.8) is 0 Å². The molecule has 1 amide bonds. The van der Waals surface area contributed by atoms with Gasteiger partial charge in [0.05, 0.1) is 17.6 Å². The molecule has 0 aliphatic rings. The third-order valence-corrected chi connectivity index (χ3v) is 7.21. The van der Waals surface area contributed by atoms with E-state index in [1.807, 2.05) is 0 Å². The number of aryl methyl sites for hydroxylation is 1. The molecule has 168 valence electrons. The highest BCUT2D eigenvalue weighted by atomic mass is 32.2. The Balaban J connectivity index is 1.96. The van der Waals surface area contributed by atoms with E-state index in [2.05, 4.69) is 5.32 Å². The summed E-state index contributed by atoms with van der Waals surface area (Å²) in [6, 6.07) is 4.12. The number of likely N-dealkylation sites (N-methyl/N-ethyl adjacent to an activating group) is 1. The normalized spacial score (nSPS) is 11.3. The van der Waals surface area contributed by atoms with Crippen molar-refractivity contribution in [1.29, 1.82) is 0 Å². The number of hydrogen-bond donors (Lipinski definition) is 1. The van der Waals surface area contributed by atoms with Gasteiger partial charge in [-0.2, -0.15) is 4.31 Å². The number of nitrogens with zero attached hydrogens (tertiary/aromatic N) is 1. The van der Waals surface area contributed by atoms with Gasteiger partial charge in [0.2, 0.25) is 10.0 Å². The van der Waals surface area contributed by atoms with Crippen LogP contribution in [-0.4, -0.2) is 57.9 Å². The molecule has 1 aromatic heterocycles. The summed E-state index contributed by atoms with van der Waals surface area (Å²) in [4.78, 5) is 36.7. The minimum atomic E-state index is -4.04. The zero-order chi connectivity index (χ0) is 23.3. The van der Waals surface area contributed by atoms with Crippen molar-refractivity contribution < 1.29 is 36.7 Å². The Kier molecular flexibility index (Phi) is 7.87. The first kappa shape index (κ1) is 24.4. The standard InChI is InChI=1S/C19H21FN2O7S2/c1-11-12(2)30-18(17(11)19(25)28-4)21-15(23)10-29-16(24)9-22(3)31(26,27)14-7-5-13(20)6-8-14/h5-8H,9-10H2,1-4H3,(H,21,23). The lowest BCUT2D eigenvalue weighted by molar-refractivity contribution is -0.147. The summed E-state index contributed by atoms with van der Waals surface area (Å²) in [5.74, 6) is -2.88. The summed E-state index contributed by atoms with van der Waals surface area (Å²) >= 11 is 1.17. The molecule has 12 heteroatoms. The Labute approximate surface area is 182 Å². The molecule has 1 aromatic carbocycles.